The minimum Gasteiger partial charge on any atom is -0.399 e. The van der Waals surface area contributed by atoms with Crippen LogP contribution in [0.5, 0.6) is 0 Å². The molecule has 6 rings (SSSR count). The maximum absolute atomic E-state index is 11.1. The fourth-order valence-corrected chi connectivity index (χ4v) is 4.60. The van der Waals surface area contributed by atoms with Crippen LogP contribution in [0.1, 0.15) is 33.4 Å². The summed E-state index contributed by atoms with van der Waals surface area (Å²) in [7, 11) is 0. The average Bonchev–Trinajstić information content (AvgIpc) is 3.66. The van der Waals surface area contributed by atoms with Crippen LogP contribution in [0.25, 0.3) is 0 Å². The summed E-state index contributed by atoms with van der Waals surface area (Å²) >= 11 is 13.4. The first kappa shape index (κ1) is 47.2. The third kappa shape index (κ3) is 16.4. The number of aryl methyl sites for hydroxylation is 3. The van der Waals surface area contributed by atoms with Crippen molar-refractivity contribution >= 4 is 182 Å². The Morgan fingerprint density at radius 2 is 1.15 bits per heavy atom. The number of benzene rings is 3. The second-order valence-corrected chi connectivity index (χ2v) is 24.9. The predicted molar refractivity (Wildman–Crippen MR) is 240 cm³/mol. The topological polar surface area (TPSA) is 156 Å². The van der Waals surface area contributed by atoms with Crippen LogP contribution in [-0.4, -0.2) is 25.0 Å². The van der Waals surface area contributed by atoms with Gasteiger partial charge in [-0.1, -0.05) is 131 Å². The minimum absolute atomic E-state index is 0. The molecule has 0 spiro atoms. The number of non-ortho nitro benzene ring substituents is 1. The molecule has 1 radical (unpaired) electrons. The number of nitrogen functional groups attached to an aromatic ring is 1. The molecule has 0 bridgehead atoms. The summed E-state index contributed by atoms with van der Waals surface area (Å²) in [5.41, 5.74) is 14.8. The standard InChI is InChI=1S/C9H8N2O3.C9H10N2O.C9H9NO.CHI3.CH2I2.CH2I.V/c1-5-2-7(11(13)14)3-6-4-8(12)10-9(5)6;1-5-2-7(10)3-6-4-8(12)11-9(5)6;1-6-3-2-4-7-5-8(11)10-9(6)7;2-1(3)4;2-1-3;1-2;/h2-3H,4H2,1H3,(H,10,12);2-3H,4,10H2,1H3,(H,11,12);2-4H,5H2,1H3,(H,10,11);1H;1H2;1H2;/q;;;;;-1;. The number of carbonyl (C=O) groups excluding carboxylic acids is 3. The molecule has 3 aromatic rings. The average molecular weight is 1350 g/mol. The van der Waals surface area contributed by atoms with Gasteiger partial charge in [0, 0.05) is 53.4 Å². The monoisotopic (exact) mass is 1350 g/mol. The van der Waals surface area contributed by atoms with Gasteiger partial charge in [-0.2, -0.15) is 0 Å². The Balaban J connectivity index is 0.000000597. The number of nitro groups is 1. The van der Waals surface area contributed by atoms with Crippen molar-refractivity contribution < 1.29 is 37.9 Å². The first-order valence-electron chi connectivity index (χ1n) is 13.1. The summed E-state index contributed by atoms with van der Waals surface area (Å²) in [6.45, 7) is 5.70. The van der Waals surface area contributed by atoms with E-state index in [1.54, 1.807) is 6.92 Å². The Morgan fingerprint density at radius 3 is 1.57 bits per heavy atom. The number of hydrogen-bond acceptors (Lipinski definition) is 6. The van der Waals surface area contributed by atoms with E-state index < -0.39 is 4.92 Å². The Kier molecular flexibility index (Phi) is 24.5. The van der Waals surface area contributed by atoms with Crippen molar-refractivity contribution in [2.75, 3.05) is 24.1 Å². The molecule has 47 heavy (non-hydrogen) atoms. The molecule has 10 nitrogen and oxygen atoms in total. The molecule has 0 atom stereocenters. The molecule has 5 N–H and O–H groups in total. The molecule has 0 saturated carbocycles. The largest absolute Gasteiger partial charge is 0.399 e. The van der Waals surface area contributed by atoms with Gasteiger partial charge in [-0.15, -0.1) is 0 Å². The van der Waals surface area contributed by atoms with Gasteiger partial charge in [-0.25, -0.2) is 0 Å². The molecule has 3 aliphatic heterocycles. The number of carbonyl (C=O) groups is 3. The van der Waals surface area contributed by atoms with Crippen molar-refractivity contribution in [3.05, 3.63) is 90.9 Å². The van der Waals surface area contributed by atoms with E-state index >= 15 is 0 Å². The number of fused-ring (bicyclic) bond motifs is 3. The first-order chi connectivity index (χ1) is 21.7. The van der Waals surface area contributed by atoms with Crippen LogP contribution in [0.4, 0.5) is 28.4 Å². The van der Waals surface area contributed by atoms with E-state index in [1.807, 2.05) is 66.8 Å². The van der Waals surface area contributed by atoms with E-state index in [1.165, 1.54) is 14.6 Å². The molecular formula is C30H32I6N5O5V-. The zero-order valence-corrected chi connectivity index (χ0v) is 39.8. The van der Waals surface area contributed by atoms with Crippen molar-refractivity contribution in [2.24, 2.45) is 0 Å². The molecule has 3 aliphatic rings. The molecule has 0 aromatic heterocycles. The normalized spacial score (nSPS) is 12.4. The number of halogens is 6. The van der Waals surface area contributed by atoms with E-state index in [9.17, 15) is 24.5 Å². The number of para-hydroxylation sites is 1. The van der Waals surface area contributed by atoms with Crippen LogP contribution in [0, 0.1) is 35.8 Å². The molecule has 3 amide bonds. The summed E-state index contributed by atoms with van der Waals surface area (Å²) in [5.74, 6) is 0.0524. The van der Waals surface area contributed by atoms with E-state index in [4.69, 9.17) is 5.73 Å². The van der Waals surface area contributed by atoms with Crippen LogP contribution < -0.4 is 21.7 Å². The van der Waals surface area contributed by atoms with Gasteiger partial charge in [-0.3, -0.25) is 29.4 Å². The maximum Gasteiger partial charge on any atom is 0.270 e. The van der Waals surface area contributed by atoms with E-state index in [0.29, 0.717) is 18.4 Å². The van der Waals surface area contributed by atoms with Crippen molar-refractivity contribution in [2.45, 2.75) is 40.0 Å². The van der Waals surface area contributed by atoms with Crippen LogP contribution in [-0.2, 0) is 52.2 Å². The quantitative estimate of drug-likeness (QED) is 0.0475. The molecule has 0 fully saturated rings. The van der Waals surface area contributed by atoms with Crippen LogP contribution >= 0.6 is 136 Å². The zero-order valence-electron chi connectivity index (χ0n) is 25.4. The number of nitrogens with one attached hydrogen (secondary N) is 3. The van der Waals surface area contributed by atoms with Gasteiger partial charge < -0.3 is 44.3 Å². The Bertz CT molecular complexity index is 1560. The number of anilines is 4. The van der Waals surface area contributed by atoms with Crippen molar-refractivity contribution in [3.8, 4) is 0 Å². The Morgan fingerprint density at radius 1 is 0.766 bits per heavy atom. The summed E-state index contributed by atoms with van der Waals surface area (Å²) in [5, 5.41) is 18.8. The Labute approximate surface area is 369 Å². The third-order valence-corrected chi connectivity index (χ3v) is 6.26. The predicted octanol–water partition coefficient (Wildman–Crippen LogP) is 9.56. The molecule has 3 heterocycles. The number of hydrogen-bond donors (Lipinski definition) is 4. The number of rotatable bonds is 1. The smallest absolute Gasteiger partial charge is 0.270 e. The molecule has 255 valence electrons. The van der Waals surface area contributed by atoms with Crippen LogP contribution in [0.3, 0.4) is 0 Å². The Hall–Kier alpha value is 0.234. The number of amides is 3. The molecule has 0 saturated heterocycles. The van der Waals surface area contributed by atoms with Crippen molar-refractivity contribution in [1.82, 2.24) is 0 Å². The van der Waals surface area contributed by atoms with Gasteiger partial charge >= 0.3 is 0 Å². The number of alkyl halides is 5. The summed E-state index contributed by atoms with van der Waals surface area (Å²) in [6, 6.07) is 12.6. The fraction of sp³-hybridized carbons (Fsp3) is 0.267. The van der Waals surface area contributed by atoms with Gasteiger partial charge in [-0.05, 0) is 66.3 Å². The maximum atomic E-state index is 11.1. The molecule has 0 aliphatic carbocycles. The summed E-state index contributed by atoms with van der Waals surface area (Å²) in [6.07, 6.45) is 1.23. The minimum atomic E-state index is -0.448. The van der Waals surface area contributed by atoms with Gasteiger partial charge in [0.1, 0.15) is -0.0619 Å². The number of nitrogens with zero attached hydrogens (tertiary/aromatic N) is 1. The van der Waals surface area contributed by atoms with Gasteiger partial charge in [0.15, 0.2) is 0 Å². The molecule has 17 heteroatoms. The van der Waals surface area contributed by atoms with Gasteiger partial charge in [0.2, 0.25) is 17.7 Å². The van der Waals surface area contributed by atoms with Gasteiger partial charge in [0.25, 0.3) is 5.69 Å². The fourth-order valence-electron chi connectivity index (χ4n) is 4.60. The van der Waals surface area contributed by atoms with Crippen molar-refractivity contribution in [3.63, 3.8) is 0 Å². The molecule has 0 unspecified atom stereocenters. The third-order valence-electron chi connectivity index (χ3n) is 6.26. The van der Waals surface area contributed by atoms with Crippen molar-refractivity contribution in [1.29, 1.82) is 0 Å². The SMILES string of the molecule is Cc1cc(N)cc2c1NC(=O)C2.Cc1cc([N+](=O)[O-])cc2c1NC(=O)C2.Cc1cccc2c1NC(=O)C2.IC(I)I.ICI.[CH2-]I.[V]. The summed E-state index contributed by atoms with van der Waals surface area (Å²) < 4.78 is 1.93. The molecule has 3 aromatic carbocycles. The van der Waals surface area contributed by atoms with Crippen LogP contribution in [0.15, 0.2) is 42.5 Å². The van der Waals surface area contributed by atoms with Gasteiger partial charge in [0.05, 0.1) is 26.6 Å². The second-order valence-electron chi connectivity index (χ2n) is 9.56. The summed E-state index contributed by atoms with van der Waals surface area (Å²) in [4.78, 5) is 46.3. The zero-order chi connectivity index (χ0) is 35.1. The van der Waals surface area contributed by atoms with Crippen LogP contribution in [0.2, 0.25) is 0 Å². The number of nitrogens with two attached hydrogens (primary N) is 1. The van der Waals surface area contributed by atoms with E-state index in [2.05, 4.69) is 134 Å². The first-order valence-corrected chi connectivity index (χ1v) is 21.4. The van der Waals surface area contributed by atoms with E-state index in [-0.39, 0.29) is 48.4 Å². The molecular weight excluding hydrogens is 1320 g/mol. The number of nitro benzene ring substituents is 1. The van der Waals surface area contributed by atoms with E-state index in [0.717, 1.165) is 50.5 Å². The second kappa shape index (κ2) is 24.4.